The quantitative estimate of drug-likeness (QED) is 0.638. The van der Waals surface area contributed by atoms with E-state index in [0.717, 1.165) is 20.7 Å². The minimum Gasteiger partial charge on any atom is -0.396 e. The molecule has 0 amide bonds. The molecule has 6 nitrogen and oxygen atoms in total. The number of aliphatic hydroxyl groups is 1. The summed E-state index contributed by atoms with van der Waals surface area (Å²) in [5.41, 5.74) is 1.12. The van der Waals surface area contributed by atoms with Gasteiger partial charge < -0.3 is 15.4 Å². The number of nitrogens with one attached hydrogen (secondary N) is 2. The van der Waals surface area contributed by atoms with Crippen molar-refractivity contribution in [1.82, 2.24) is 9.97 Å². The third-order valence-electron chi connectivity index (χ3n) is 3.11. The highest BCUT2D eigenvalue weighted by atomic mass is 32.1. The molecule has 0 spiro atoms. The molecular weight excluding hydrogens is 288 g/mol. The van der Waals surface area contributed by atoms with Crippen molar-refractivity contribution < 1.29 is 5.11 Å². The second-order valence-electron chi connectivity index (χ2n) is 4.52. The fraction of sp³-hybridized carbons (Fsp3) is 0.214. The van der Waals surface area contributed by atoms with Crippen molar-refractivity contribution in [1.29, 1.82) is 5.26 Å². The van der Waals surface area contributed by atoms with Gasteiger partial charge >= 0.3 is 0 Å². The maximum absolute atomic E-state index is 11.6. The van der Waals surface area contributed by atoms with Crippen molar-refractivity contribution in [2.24, 2.45) is 0 Å². The first-order valence-corrected chi connectivity index (χ1v) is 7.26. The Labute approximate surface area is 123 Å². The molecule has 3 rings (SSSR count). The number of anilines is 1. The standard InChI is InChI=1S/C14H12N4O2S/c15-7-8-6-9-10(17-13(8)20)2-3-11-12(9)18-14(21-11)16-4-1-5-19/h2-3,6,19H,1,4-5H2,(H,16,18)(H,17,20). The third kappa shape index (κ3) is 2.46. The number of pyridine rings is 1. The van der Waals surface area contributed by atoms with Crippen LogP contribution in [0.1, 0.15) is 12.0 Å². The van der Waals surface area contributed by atoms with Gasteiger partial charge in [-0.2, -0.15) is 5.26 Å². The Kier molecular flexibility index (Phi) is 3.56. The number of nitrogens with zero attached hydrogens (tertiary/aromatic N) is 2. The predicted molar refractivity (Wildman–Crippen MR) is 82.7 cm³/mol. The zero-order chi connectivity index (χ0) is 14.8. The number of rotatable bonds is 4. The smallest absolute Gasteiger partial charge is 0.266 e. The first-order chi connectivity index (χ1) is 10.2. The number of thiazole rings is 1. The van der Waals surface area contributed by atoms with Crippen LogP contribution in [0.3, 0.4) is 0 Å². The van der Waals surface area contributed by atoms with Gasteiger partial charge in [0, 0.05) is 18.5 Å². The van der Waals surface area contributed by atoms with E-state index in [1.165, 1.54) is 11.3 Å². The fourth-order valence-electron chi connectivity index (χ4n) is 2.10. The molecule has 0 saturated carbocycles. The van der Waals surface area contributed by atoms with Crippen molar-refractivity contribution in [3.63, 3.8) is 0 Å². The van der Waals surface area contributed by atoms with Gasteiger partial charge in [-0.3, -0.25) is 4.79 Å². The normalized spacial score (nSPS) is 10.9. The first kappa shape index (κ1) is 13.5. The monoisotopic (exact) mass is 300 g/mol. The van der Waals surface area contributed by atoms with Crippen molar-refractivity contribution in [3.8, 4) is 6.07 Å². The van der Waals surface area contributed by atoms with Crippen molar-refractivity contribution in [3.05, 3.63) is 34.1 Å². The molecule has 0 unspecified atom stereocenters. The number of aromatic amines is 1. The van der Waals surface area contributed by atoms with Crippen LogP contribution in [0.4, 0.5) is 5.13 Å². The second kappa shape index (κ2) is 5.52. The van der Waals surface area contributed by atoms with Crippen LogP contribution in [0.25, 0.3) is 21.1 Å². The van der Waals surface area contributed by atoms with E-state index in [2.05, 4.69) is 15.3 Å². The highest BCUT2D eigenvalue weighted by molar-refractivity contribution is 7.22. The lowest BCUT2D eigenvalue weighted by molar-refractivity contribution is 0.292. The largest absolute Gasteiger partial charge is 0.396 e. The van der Waals surface area contributed by atoms with Gasteiger partial charge in [0.25, 0.3) is 5.56 Å². The molecule has 3 aromatic rings. The Morgan fingerprint density at radius 1 is 1.48 bits per heavy atom. The van der Waals surface area contributed by atoms with Crippen LogP contribution in [0.2, 0.25) is 0 Å². The van der Waals surface area contributed by atoms with Crippen LogP contribution in [-0.2, 0) is 0 Å². The van der Waals surface area contributed by atoms with Crippen molar-refractivity contribution >= 4 is 37.6 Å². The van der Waals surface area contributed by atoms with Crippen LogP contribution in [-0.4, -0.2) is 28.2 Å². The summed E-state index contributed by atoms with van der Waals surface area (Å²) in [5.74, 6) is 0. The molecule has 0 aliphatic rings. The summed E-state index contributed by atoms with van der Waals surface area (Å²) in [6, 6.07) is 7.18. The second-order valence-corrected chi connectivity index (χ2v) is 5.55. The van der Waals surface area contributed by atoms with Crippen LogP contribution < -0.4 is 10.9 Å². The highest BCUT2D eigenvalue weighted by Gasteiger charge is 2.10. The molecule has 0 saturated heterocycles. The predicted octanol–water partition coefficient (Wildman–Crippen LogP) is 1.80. The van der Waals surface area contributed by atoms with Crippen LogP contribution >= 0.6 is 11.3 Å². The molecule has 106 valence electrons. The van der Waals surface area contributed by atoms with Gasteiger partial charge in [-0.1, -0.05) is 11.3 Å². The van der Waals surface area contributed by atoms with Gasteiger partial charge in [0.15, 0.2) is 5.13 Å². The molecular formula is C14H12N4O2S. The van der Waals surface area contributed by atoms with E-state index in [1.807, 2.05) is 18.2 Å². The molecule has 21 heavy (non-hydrogen) atoms. The summed E-state index contributed by atoms with van der Waals surface area (Å²) in [6.45, 7) is 0.780. The zero-order valence-electron chi connectivity index (χ0n) is 11.0. The maximum Gasteiger partial charge on any atom is 0.266 e. The number of H-pyrrole nitrogens is 1. The van der Waals surface area contributed by atoms with Gasteiger partial charge in [-0.05, 0) is 24.6 Å². The summed E-state index contributed by atoms with van der Waals surface area (Å²) in [6.07, 6.45) is 0.655. The summed E-state index contributed by atoms with van der Waals surface area (Å²) < 4.78 is 0.977. The summed E-state index contributed by atoms with van der Waals surface area (Å²) >= 11 is 1.50. The molecule has 0 aliphatic heterocycles. The number of benzene rings is 1. The SMILES string of the molecule is N#Cc1cc2c(ccc3sc(NCCCO)nc32)[nH]c1=O. The van der Waals surface area contributed by atoms with Gasteiger partial charge in [0.05, 0.1) is 15.7 Å². The van der Waals surface area contributed by atoms with Crippen LogP contribution in [0.5, 0.6) is 0 Å². The summed E-state index contributed by atoms with van der Waals surface area (Å²) in [7, 11) is 0. The lowest BCUT2D eigenvalue weighted by atomic mass is 10.1. The van der Waals surface area contributed by atoms with E-state index in [0.29, 0.717) is 18.5 Å². The number of fused-ring (bicyclic) bond motifs is 3. The molecule has 0 atom stereocenters. The molecule has 7 heteroatoms. The maximum atomic E-state index is 11.6. The molecule has 0 radical (unpaired) electrons. The minimum absolute atomic E-state index is 0.0813. The van der Waals surface area contributed by atoms with Gasteiger partial charge in [0.1, 0.15) is 11.6 Å². The Bertz CT molecular complexity index is 907. The van der Waals surface area contributed by atoms with Crippen LogP contribution in [0.15, 0.2) is 23.0 Å². The van der Waals surface area contributed by atoms with Crippen LogP contribution in [0, 0.1) is 11.3 Å². The van der Waals surface area contributed by atoms with Gasteiger partial charge in [0.2, 0.25) is 0 Å². The average molecular weight is 300 g/mol. The van der Waals surface area contributed by atoms with Gasteiger partial charge in [-0.15, -0.1) is 0 Å². The Morgan fingerprint density at radius 2 is 2.33 bits per heavy atom. The molecule has 0 bridgehead atoms. The topological polar surface area (TPSA) is 102 Å². The van der Waals surface area contributed by atoms with Crippen molar-refractivity contribution in [2.75, 3.05) is 18.5 Å². The Hall–Kier alpha value is -2.43. The molecule has 2 heterocycles. The highest BCUT2D eigenvalue weighted by Crippen LogP contribution is 2.30. The number of nitriles is 1. The lowest BCUT2D eigenvalue weighted by Gasteiger charge is -1.99. The first-order valence-electron chi connectivity index (χ1n) is 6.44. The Balaban J connectivity index is 2.14. The summed E-state index contributed by atoms with van der Waals surface area (Å²) in [5, 5.41) is 22.4. The molecule has 1 aromatic carbocycles. The van der Waals surface area contributed by atoms with E-state index in [9.17, 15) is 4.79 Å². The zero-order valence-corrected chi connectivity index (χ0v) is 11.8. The number of hydrogen-bond acceptors (Lipinski definition) is 6. The molecule has 0 aliphatic carbocycles. The van der Waals surface area contributed by atoms with Crippen molar-refractivity contribution in [2.45, 2.75) is 6.42 Å². The number of hydrogen-bond donors (Lipinski definition) is 3. The minimum atomic E-state index is -0.388. The molecule has 2 aromatic heterocycles. The molecule has 0 fully saturated rings. The van der Waals surface area contributed by atoms with E-state index >= 15 is 0 Å². The van der Waals surface area contributed by atoms with E-state index in [4.69, 9.17) is 10.4 Å². The fourth-order valence-corrected chi connectivity index (χ4v) is 3.01. The Morgan fingerprint density at radius 3 is 3.10 bits per heavy atom. The third-order valence-corrected chi connectivity index (χ3v) is 4.09. The van der Waals surface area contributed by atoms with E-state index in [-0.39, 0.29) is 17.7 Å². The van der Waals surface area contributed by atoms with E-state index in [1.54, 1.807) is 6.07 Å². The average Bonchev–Trinajstić information content (AvgIpc) is 2.90. The number of aromatic nitrogens is 2. The number of aliphatic hydroxyl groups excluding tert-OH is 1. The summed E-state index contributed by atoms with van der Waals surface area (Å²) in [4.78, 5) is 18.9. The van der Waals surface area contributed by atoms with E-state index < -0.39 is 0 Å². The lowest BCUT2D eigenvalue weighted by Crippen LogP contribution is -2.09. The van der Waals surface area contributed by atoms with Gasteiger partial charge in [-0.25, -0.2) is 4.98 Å². The molecule has 3 N–H and O–H groups in total.